The smallest absolute Gasteiger partial charge is 0.0866 e. The molecular weight excluding hydrogens is 272 g/mol. The van der Waals surface area contributed by atoms with E-state index in [1.807, 2.05) is 12.1 Å². The Morgan fingerprint density at radius 1 is 1.05 bits per heavy atom. The third kappa shape index (κ3) is 2.98. The van der Waals surface area contributed by atoms with Crippen LogP contribution >= 0.6 is 0 Å². The van der Waals surface area contributed by atoms with Gasteiger partial charge in [-0.1, -0.05) is 36.4 Å². The first kappa shape index (κ1) is 14.6. The minimum absolute atomic E-state index is 0.393. The summed E-state index contributed by atoms with van der Waals surface area (Å²) in [6, 6.07) is 18.9. The van der Waals surface area contributed by atoms with Crippen molar-refractivity contribution in [3.05, 3.63) is 65.2 Å². The number of nitrogens with two attached hydrogens (primary N) is 1. The van der Waals surface area contributed by atoms with Gasteiger partial charge in [-0.05, 0) is 48.1 Å². The Bertz CT molecular complexity index is 679. The fourth-order valence-electron chi connectivity index (χ4n) is 3.04. The molecule has 0 saturated carbocycles. The third-order valence-electron chi connectivity index (χ3n) is 4.43. The van der Waals surface area contributed by atoms with Gasteiger partial charge in [0, 0.05) is 18.9 Å². The van der Waals surface area contributed by atoms with E-state index >= 15 is 0 Å². The van der Waals surface area contributed by atoms with Crippen molar-refractivity contribution in [3.8, 4) is 6.07 Å². The van der Waals surface area contributed by atoms with Gasteiger partial charge in [-0.2, -0.15) is 5.26 Å². The van der Waals surface area contributed by atoms with Gasteiger partial charge in [-0.15, -0.1) is 0 Å². The zero-order valence-electron chi connectivity index (χ0n) is 12.6. The van der Waals surface area contributed by atoms with Crippen LogP contribution < -0.4 is 5.73 Å². The molecule has 0 spiro atoms. The predicted molar refractivity (Wildman–Crippen MR) is 87.4 cm³/mol. The van der Waals surface area contributed by atoms with E-state index in [2.05, 4.69) is 42.5 Å². The summed E-state index contributed by atoms with van der Waals surface area (Å²) in [4.78, 5) is 0. The second-order valence-corrected chi connectivity index (χ2v) is 5.93. The van der Waals surface area contributed by atoms with Crippen molar-refractivity contribution in [1.29, 1.82) is 5.26 Å². The topological polar surface area (TPSA) is 59.0 Å². The summed E-state index contributed by atoms with van der Waals surface area (Å²) in [5, 5.41) is 9.69. The van der Waals surface area contributed by atoms with Crippen molar-refractivity contribution in [2.45, 2.75) is 24.7 Å². The molecule has 0 amide bonds. The number of benzene rings is 2. The molecular formula is C19H20N2O. The second-order valence-electron chi connectivity index (χ2n) is 5.93. The average molecular weight is 292 g/mol. The van der Waals surface area contributed by atoms with E-state index in [0.717, 1.165) is 30.5 Å². The summed E-state index contributed by atoms with van der Waals surface area (Å²) in [6.07, 6.45) is 2.40. The van der Waals surface area contributed by atoms with Crippen molar-refractivity contribution in [1.82, 2.24) is 0 Å². The van der Waals surface area contributed by atoms with E-state index in [1.54, 1.807) is 0 Å². The summed E-state index contributed by atoms with van der Waals surface area (Å²) in [6.45, 7) is 1.32. The molecule has 0 atom stereocenters. The maximum atomic E-state index is 9.69. The van der Waals surface area contributed by atoms with E-state index in [4.69, 9.17) is 10.5 Å². The Hall–Kier alpha value is -2.31. The monoisotopic (exact) mass is 292 g/mol. The highest BCUT2D eigenvalue weighted by molar-refractivity contribution is 5.42. The van der Waals surface area contributed by atoms with Crippen molar-refractivity contribution in [2.24, 2.45) is 0 Å². The van der Waals surface area contributed by atoms with Crippen LogP contribution in [0.5, 0.6) is 0 Å². The molecule has 1 aliphatic rings. The molecule has 1 aliphatic heterocycles. The van der Waals surface area contributed by atoms with Gasteiger partial charge in [0.05, 0.1) is 11.5 Å². The predicted octanol–water partition coefficient (Wildman–Crippen LogP) is 3.43. The van der Waals surface area contributed by atoms with Crippen molar-refractivity contribution < 1.29 is 4.74 Å². The molecule has 3 nitrogen and oxygen atoms in total. The minimum atomic E-state index is -0.393. The fraction of sp³-hybridized carbons (Fsp3) is 0.316. The SMILES string of the molecule is N#CC1(c2cccc(Cc3ccc(N)cc3)c2)CCOCC1. The summed E-state index contributed by atoms with van der Waals surface area (Å²) < 4.78 is 5.42. The normalized spacial score (nSPS) is 16.9. The molecule has 2 N–H and O–H groups in total. The fourth-order valence-corrected chi connectivity index (χ4v) is 3.04. The highest BCUT2D eigenvalue weighted by Gasteiger charge is 2.34. The largest absolute Gasteiger partial charge is 0.399 e. The molecule has 0 radical (unpaired) electrons. The van der Waals surface area contributed by atoms with Gasteiger partial charge < -0.3 is 10.5 Å². The highest BCUT2D eigenvalue weighted by atomic mass is 16.5. The number of anilines is 1. The van der Waals surface area contributed by atoms with Gasteiger partial charge in [0.15, 0.2) is 0 Å². The molecule has 2 aromatic carbocycles. The molecule has 1 heterocycles. The Kier molecular flexibility index (Phi) is 4.13. The molecule has 0 aliphatic carbocycles. The van der Waals surface area contributed by atoms with Crippen LogP contribution in [0.15, 0.2) is 48.5 Å². The molecule has 3 heteroatoms. The lowest BCUT2D eigenvalue weighted by Crippen LogP contribution is -2.32. The minimum Gasteiger partial charge on any atom is -0.399 e. The third-order valence-corrected chi connectivity index (χ3v) is 4.43. The number of nitriles is 1. The maximum absolute atomic E-state index is 9.69. The summed E-state index contributed by atoms with van der Waals surface area (Å²) >= 11 is 0. The van der Waals surface area contributed by atoms with E-state index < -0.39 is 5.41 Å². The van der Waals surface area contributed by atoms with E-state index in [1.165, 1.54) is 11.1 Å². The van der Waals surface area contributed by atoms with Crippen molar-refractivity contribution >= 4 is 5.69 Å². The van der Waals surface area contributed by atoms with E-state index in [0.29, 0.717) is 13.2 Å². The molecule has 1 fully saturated rings. The zero-order valence-corrected chi connectivity index (χ0v) is 12.6. The highest BCUT2D eigenvalue weighted by Crippen LogP contribution is 2.34. The van der Waals surface area contributed by atoms with Crippen LogP contribution in [0, 0.1) is 11.3 Å². The van der Waals surface area contributed by atoms with Gasteiger partial charge in [0.2, 0.25) is 0 Å². The number of nitrogens with zero attached hydrogens (tertiary/aromatic N) is 1. The molecule has 0 bridgehead atoms. The molecule has 22 heavy (non-hydrogen) atoms. The zero-order chi connectivity index (χ0) is 15.4. The number of hydrogen-bond donors (Lipinski definition) is 1. The summed E-state index contributed by atoms with van der Waals surface area (Å²) in [5.74, 6) is 0. The Morgan fingerprint density at radius 3 is 2.45 bits per heavy atom. The lowest BCUT2D eigenvalue weighted by molar-refractivity contribution is 0.0675. The second kappa shape index (κ2) is 6.21. The molecule has 1 saturated heterocycles. The van der Waals surface area contributed by atoms with Crippen molar-refractivity contribution in [3.63, 3.8) is 0 Å². The van der Waals surface area contributed by atoms with Gasteiger partial charge in [0.1, 0.15) is 0 Å². The number of nitrogen functional groups attached to an aromatic ring is 1. The van der Waals surface area contributed by atoms with Gasteiger partial charge in [0.25, 0.3) is 0 Å². The molecule has 2 aromatic rings. The molecule has 3 rings (SSSR count). The molecule has 112 valence electrons. The lowest BCUT2D eigenvalue weighted by atomic mass is 9.75. The Labute approximate surface area is 131 Å². The van der Waals surface area contributed by atoms with E-state index in [9.17, 15) is 5.26 Å². The van der Waals surface area contributed by atoms with Gasteiger partial charge >= 0.3 is 0 Å². The number of ether oxygens (including phenoxy) is 1. The van der Waals surface area contributed by atoms with Crippen LogP contribution in [0.1, 0.15) is 29.5 Å². The van der Waals surface area contributed by atoms with Crippen LogP contribution in [0.3, 0.4) is 0 Å². The quantitative estimate of drug-likeness (QED) is 0.882. The van der Waals surface area contributed by atoms with Crippen LogP contribution in [-0.4, -0.2) is 13.2 Å². The van der Waals surface area contributed by atoms with Crippen LogP contribution in [0.2, 0.25) is 0 Å². The first-order chi connectivity index (χ1) is 10.7. The Morgan fingerprint density at radius 2 is 1.77 bits per heavy atom. The Balaban J connectivity index is 1.86. The maximum Gasteiger partial charge on any atom is 0.0866 e. The van der Waals surface area contributed by atoms with Gasteiger partial charge in [-0.25, -0.2) is 0 Å². The number of hydrogen-bond acceptors (Lipinski definition) is 3. The average Bonchev–Trinajstić information content (AvgIpc) is 2.58. The van der Waals surface area contributed by atoms with Crippen LogP contribution in [0.4, 0.5) is 5.69 Å². The first-order valence-corrected chi connectivity index (χ1v) is 7.65. The molecule has 0 unspecified atom stereocenters. The first-order valence-electron chi connectivity index (χ1n) is 7.65. The molecule has 0 aromatic heterocycles. The van der Waals surface area contributed by atoms with Gasteiger partial charge in [-0.3, -0.25) is 0 Å². The van der Waals surface area contributed by atoms with Crippen molar-refractivity contribution in [2.75, 3.05) is 18.9 Å². The van der Waals surface area contributed by atoms with Crippen LogP contribution in [0.25, 0.3) is 0 Å². The van der Waals surface area contributed by atoms with E-state index in [-0.39, 0.29) is 0 Å². The summed E-state index contributed by atoms with van der Waals surface area (Å²) in [5.41, 5.74) is 9.68. The van der Waals surface area contributed by atoms with Crippen LogP contribution in [-0.2, 0) is 16.6 Å². The number of rotatable bonds is 3. The summed E-state index contributed by atoms with van der Waals surface area (Å²) in [7, 11) is 0. The standard InChI is InChI=1S/C19H20N2O/c20-14-19(8-10-22-11-9-19)17-3-1-2-16(13-17)12-15-4-6-18(21)7-5-15/h1-7,13H,8-12,21H2. The lowest BCUT2D eigenvalue weighted by Gasteiger charge is -2.31.